The van der Waals surface area contributed by atoms with Gasteiger partial charge in [0.2, 0.25) is 0 Å². The van der Waals surface area contributed by atoms with Crippen molar-refractivity contribution < 1.29 is 40.9 Å². The quantitative estimate of drug-likeness (QED) is 0.245. The van der Waals surface area contributed by atoms with Gasteiger partial charge in [-0.25, -0.2) is 0 Å². The van der Waals surface area contributed by atoms with E-state index in [0.717, 1.165) is 12.8 Å². The zero-order valence-electron chi connectivity index (χ0n) is 14.7. The van der Waals surface area contributed by atoms with E-state index < -0.39 is 0 Å². The van der Waals surface area contributed by atoms with Crippen molar-refractivity contribution in [3.8, 4) is 0 Å². The summed E-state index contributed by atoms with van der Waals surface area (Å²) in [6, 6.07) is 0. The van der Waals surface area contributed by atoms with Gasteiger partial charge in [-0.3, -0.25) is 0 Å². The molecule has 0 fully saturated rings. The van der Waals surface area contributed by atoms with E-state index >= 15 is 0 Å². The zero-order chi connectivity index (χ0) is 19.1. The molecule has 146 valence electrons. The molecule has 23 heavy (non-hydrogen) atoms. The third kappa shape index (κ3) is 52.2. The van der Waals surface area contributed by atoms with Crippen LogP contribution in [0.5, 0.6) is 0 Å². The lowest BCUT2D eigenvalue weighted by Gasteiger charge is -2.16. The van der Waals surface area contributed by atoms with Gasteiger partial charge in [-0.15, -0.1) is 0 Å². The van der Waals surface area contributed by atoms with Crippen molar-refractivity contribution >= 4 is 0 Å². The number of unbranched alkanes of at least 4 members (excludes halogenated alkanes) is 1. The summed E-state index contributed by atoms with van der Waals surface area (Å²) in [6.07, 6.45) is 1.57. The molecule has 0 aliphatic heterocycles. The Kier molecular flexibility index (Phi) is 35.3. The molecule has 1 unspecified atom stereocenters. The van der Waals surface area contributed by atoms with Crippen LogP contribution in [0.1, 0.15) is 40.0 Å². The van der Waals surface area contributed by atoms with Gasteiger partial charge in [0.05, 0.1) is 32.5 Å². The monoisotopic (exact) mass is 346 g/mol. The summed E-state index contributed by atoms with van der Waals surface area (Å²) in [6.45, 7) is 5.56. The molecule has 0 saturated carbocycles. The second-order valence-corrected chi connectivity index (χ2v) is 5.44. The van der Waals surface area contributed by atoms with Crippen LogP contribution >= 0.6 is 0 Å². The largest absolute Gasteiger partial charge is 0.396 e. The average molecular weight is 346 g/mol. The van der Waals surface area contributed by atoms with Gasteiger partial charge in [-0.05, 0) is 26.2 Å². The summed E-state index contributed by atoms with van der Waals surface area (Å²) < 4.78 is 0. The number of hydrogen-bond acceptors (Lipinski definition) is 8. The van der Waals surface area contributed by atoms with E-state index in [-0.39, 0.29) is 57.8 Å². The van der Waals surface area contributed by atoms with Crippen molar-refractivity contribution in [1.29, 1.82) is 0 Å². The van der Waals surface area contributed by atoms with E-state index in [1.54, 1.807) is 20.8 Å². The van der Waals surface area contributed by atoms with Crippen LogP contribution in [0.4, 0.5) is 0 Å². The van der Waals surface area contributed by atoms with E-state index in [1.165, 1.54) is 0 Å². The topological polar surface area (TPSA) is 162 Å². The number of aliphatic hydroxyl groups is 8. The maximum absolute atomic E-state index is 8.43. The van der Waals surface area contributed by atoms with Crippen LogP contribution in [0.2, 0.25) is 0 Å². The molecule has 0 radical (unpaired) electrons. The van der Waals surface area contributed by atoms with Gasteiger partial charge in [0, 0.05) is 25.2 Å². The summed E-state index contributed by atoms with van der Waals surface area (Å²) in [5, 5.41) is 64.8. The van der Waals surface area contributed by atoms with Crippen LogP contribution in [-0.4, -0.2) is 93.2 Å². The molecule has 0 aliphatic rings. The van der Waals surface area contributed by atoms with Gasteiger partial charge in [0.1, 0.15) is 0 Å². The summed E-state index contributed by atoms with van der Waals surface area (Å²) in [7, 11) is 0. The third-order valence-corrected chi connectivity index (χ3v) is 2.07. The second kappa shape index (κ2) is 26.6. The summed E-state index contributed by atoms with van der Waals surface area (Å²) in [4.78, 5) is 0. The molecule has 0 rings (SSSR count). The van der Waals surface area contributed by atoms with Crippen LogP contribution in [0.3, 0.4) is 0 Å². The molecule has 8 N–H and O–H groups in total. The minimum atomic E-state index is -0.352. The van der Waals surface area contributed by atoms with Gasteiger partial charge in [0.25, 0.3) is 0 Å². The lowest BCUT2D eigenvalue weighted by Crippen LogP contribution is -2.20. The predicted octanol–water partition coefficient (Wildman–Crippen LogP) is -1.53. The molecule has 0 aromatic carbocycles. The van der Waals surface area contributed by atoms with Crippen LogP contribution in [0, 0.1) is 5.41 Å². The highest BCUT2D eigenvalue weighted by molar-refractivity contribution is 4.62. The first-order valence-electron chi connectivity index (χ1n) is 7.66. The van der Waals surface area contributed by atoms with Crippen LogP contribution in [-0.2, 0) is 0 Å². The molecule has 0 saturated heterocycles. The van der Waals surface area contributed by atoms with Crippen LogP contribution in [0.25, 0.3) is 0 Å². The second-order valence-electron chi connectivity index (χ2n) is 5.44. The van der Waals surface area contributed by atoms with Crippen molar-refractivity contribution in [2.45, 2.75) is 46.1 Å². The lowest BCUT2D eigenvalue weighted by molar-refractivity contribution is 0.0857. The highest BCUT2D eigenvalue weighted by Gasteiger charge is 2.13. The van der Waals surface area contributed by atoms with Gasteiger partial charge in [-0.1, -0.05) is 13.8 Å². The number of hydrogen-bond donors (Lipinski definition) is 8. The Bertz CT molecular complexity index is 165. The van der Waals surface area contributed by atoms with Gasteiger partial charge in [-0.2, -0.15) is 0 Å². The Morgan fingerprint density at radius 1 is 0.652 bits per heavy atom. The Morgan fingerprint density at radius 2 is 1.00 bits per heavy atom. The van der Waals surface area contributed by atoms with E-state index in [1.807, 2.05) is 0 Å². The van der Waals surface area contributed by atoms with Crippen LogP contribution < -0.4 is 0 Å². The first-order chi connectivity index (χ1) is 10.7. The molecule has 0 aliphatic carbocycles. The smallest absolute Gasteiger partial charge is 0.0662 e. The van der Waals surface area contributed by atoms with Crippen molar-refractivity contribution in [2.75, 3.05) is 46.2 Å². The van der Waals surface area contributed by atoms with E-state index in [9.17, 15) is 0 Å². The molecule has 0 aromatic rings. The fourth-order valence-corrected chi connectivity index (χ4v) is 0.460. The van der Waals surface area contributed by atoms with E-state index in [0.29, 0.717) is 6.42 Å². The van der Waals surface area contributed by atoms with Crippen molar-refractivity contribution in [1.82, 2.24) is 0 Å². The Balaban J connectivity index is -0.000000107. The fraction of sp³-hybridized carbons (Fsp3) is 1.00. The Hall–Kier alpha value is -0.320. The normalized spacial score (nSPS) is 11.1. The Morgan fingerprint density at radius 3 is 1.04 bits per heavy atom. The summed E-state index contributed by atoms with van der Waals surface area (Å²) in [5.41, 5.74) is -0.306. The maximum atomic E-state index is 8.43. The lowest BCUT2D eigenvalue weighted by atomic mass is 9.97. The van der Waals surface area contributed by atoms with Crippen molar-refractivity contribution in [3.05, 3.63) is 0 Å². The third-order valence-electron chi connectivity index (χ3n) is 2.07. The fourth-order valence-electron chi connectivity index (χ4n) is 0.460. The molecule has 0 bridgehead atoms. The standard InChI is InChI=1S/C5H12O2.2C4H10O2.C2H6O2/c1-5(2,3-6)4-7;1-4(6)2-3-5;5-3-1-2-4-6;3-1-2-4/h6-7H,3-4H2,1-2H3;4-6H,2-3H2,1H3;5-6H,1-4H2;3-4H,1-2H2. The minimum absolute atomic E-state index is 0.0451. The van der Waals surface area contributed by atoms with Gasteiger partial charge < -0.3 is 40.9 Å². The summed E-state index contributed by atoms with van der Waals surface area (Å²) >= 11 is 0. The minimum Gasteiger partial charge on any atom is -0.396 e. The molecule has 0 amide bonds. The average Bonchev–Trinajstić information content (AvgIpc) is 2.54. The highest BCUT2D eigenvalue weighted by Crippen LogP contribution is 2.10. The molecular formula is C15H38O8. The molecule has 0 spiro atoms. The van der Waals surface area contributed by atoms with E-state index in [4.69, 9.17) is 40.9 Å². The Labute approximate surface area is 139 Å². The van der Waals surface area contributed by atoms with Crippen molar-refractivity contribution in [3.63, 3.8) is 0 Å². The van der Waals surface area contributed by atoms with Crippen LogP contribution in [0.15, 0.2) is 0 Å². The SMILES string of the molecule is CC(C)(CO)CO.CC(O)CCO.OCCCCO.OCCO. The van der Waals surface area contributed by atoms with Crippen molar-refractivity contribution in [2.24, 2.45) is 5.41 Å². The molecule has 0 aromatic heterocycles. The molecule has 1 atom stereocenters. The van der Waals surface area contributed by atoms with Gasteiger partial charge >= 0.3 is 0 Å². The number of aliphatic hydroxyl groups excluding tert-OH is 8. The zero-order valence-corrected chi connectivity index (χ0v) is 14.7. The highest BCUT2D eigenvalue weighted by atomic mass is 16.3. The molecular weight excluding hydrogens is 308 g/mol. The van der Waals surface area contributed by atoms with Gasteiger partial charge in [0.15, 0.2) is 0 Å². The maximum Gasteiger partial charge on any atom is 0.0662 e. The van der Waals surface area contributed by atoms with E-state index in [2.05, 4.69) is 0 Å². The first kappa shape index (κ1) is 30.5. The predicted molar refractivity (Wildman–Crippen MR) is 88.9 cm³/mol. The molecule has 0 heterocycles. The molecule has 8 nitrogen and oxygen atoms in total. The molecule has 8 heteroatoms. The first-order valence-corrected chi connectivity index (χ1v) is 7.66. The number of rotatable bonds is 8. The summed E-state index contributed by atoms with van der Waals surface area (Å²) in [5.74, 6) is 0.